The molecular formula is C33H31N5O4S. The molecule has 2 fully saturated rings. The van der Waals surface area contributed by atoms with Crippen molar-refractivity contribution in [2.75, 3.05) is 23.3 Å². The molecule has 43 heavy (non-hydrogen) atoms. The van der Waals surface area contributed by atoms with E-state index in [0.717, 1.165) is 47.1 Å². The van der Waals surface area contributed by atoms with Crippen LogP contribution in [0.5, 0.6) is 0 Å². The van der Waals surface area contributed by atoms with Gasteiger partial charge in [-0.05, 0) is 59.7 Å². The van der Waals surface area contributed by atoms with E-state index in [4.69, 9.17) is 4.98 Å². The molecule has 0 aliphatic carbocycles. The van der Waals surface area contributed by atoms with E-state index in [1.165, 1.54) is 15.7 Å². The third kappa shape index (κ3) is 5.38. The van der Waals surface area contributed by atoms with E-state index >= 15 is 0 Å². The summed E-state index contributed by atoms with van der Waals surface area (Å²) < 4.78 is 0. The number of amides is 4. The van der Waals surface area contributed by atoms with Gasteiger partial charge in [0.1, 0.15) is 16.1 Å². The van der Waals surface area contributed by atoms with Crippen molar-refractivity contribution >= 4 is 56.4 Å². The Morgan fingerprint density at radius 1 is 0.977 bits per heavy atom. The van der Waals surface area contributed by atoms with Gasteiger partial charge in [-0.1, -0.05) is 53.8 Å². The molecule has 9 nitrogen and oxygen atoms in total. The first kappa shape index (κ1) is 27.3. The second kappa shape index (κ2) is 11.3. The summed E-state index contributed by atoms with van der Waals surface area (Å²) in [6.07, 6.45) is 4.79. The number of nitrogens with one attached hydrogen (secondary N) is 2. The Balaban J connectivity index is 0.932. The fraction of sp³-hybridized carbons (Fsp3) is 0.303. The van der Waals surface area contributed by atoms with Crippen LogP contribution in [-0.2, 0) is 20.9 Å². The average Bonchev–Trinajstić information content (AvgIpc) is 3.62. The molecule has 4 heterocycles. The van der Waals surface area contributed by atoms with Crippen molar-refractivity contribution in [1.29, 1.82) is 0 Å². The van der Waals surface area contributed by atoms with Gasteiger partial charge < -0.3 is 15.1 Å². The van der Waals surface area contributed by atoms with Gasteiger partial charge in [0.2, 0.25) is 17.7 Å². The third-order valence-corrected chi connectivity index (χ3v) is 9.81. The fourth-order valence-electron chi connectivity index (χ4n) is 6.43. The number of anilines is 2. The lowest BCUT2D eigenvalue weighted by molar-refractivity contribution is -0.137. The number of rotatable bonds is 6. The third-order valence-electron chi connectivity index (χ3n) is 8.72. The van der Waals surface area contributed by atoms with Gasteiger partial charge in [-0.3, -0.25) is 24.5 Å². The molecule has 3 aliphatic heterocycles. The first-order valence-electron chi connectivity index (χ1n) is 14.7. The van der Waals surface area contributed by atoms with E-state index in [1.807, 2.05) is 12.3 Å². The van der Waals surface area contributed by atoms with E-state index < -0.39 is 11.9 Å². The molecule has 2 N–H and O–H groups in total. The van der Waals surface area contributed by atoms with Crippen LogP contribution in [0.4, 0.5) is 10.7 Å². The number of nitrogens with zero attached hydrogens (tertiary/aromatic N) is 3. The van der Waals surface area contributed by atoms with Crippen molar-refractivity contribution in [1.82, 2.24) is 15.2 Å². The Morgan fingerprint density at radius 3 is 2.63 bits per heavy atom. The highest BCUT2D eigenvalue weighted by Gasteiger charge is 2.39. The standard InChI is InChI=1S/C33H31N5O4S/c39-28-11-10-27(31(41)36-28)38-19-22-17-23(8-9-25(22)33(38)42)35-29(40)16-20-12-14-37(15-13-20)30-18-34-32(43-30)26-7-3-5-21-4-1-2-6-24(21)26/h1-9,17-18,20,27H,10-16,19H2,(H,35,40)(H,36,39,41). The number of carbonyl (C=O) groups is 4. The second-order valence-corrected chi connectivity index (χ2v) is 12.5. The molecule has 3 aliphatic rings. The van der Waals surface area contributed by atoms with Gasteiger partial charge in [0.05, 0.1) is 6.20 Å². The van der Waals surface area contributed by atoms with Crippen molar-refractivity contribution in [3.8, 4) is 10.6 Å². The Hall–Kier alpha value is -4.57. The lowest BCUT2D eigenvalue weighted by Crippen LogP contribution is -2.52. The Morgan fingerprint density at radius 2 is 1.79 bits per heavy atom. The minimum absolute atomic E-state index is 0.0409. The number of hydrogen-bond donors (Lipinski definition) is 2. The number of carbonyl (C=O) groups excluding carboxylic acids is 4. The normalized spacial score (nSPS) is 19.1. The summed E-state index contributed by atoms with van der Waals surface area (Å²) >= 11 is 1.71. The van der Waals surface area contributed by atoms with Gasteiger partial charge in [0.25, 0.3) is 5.91 Å². The molecule has 0 spiro atoms. The molecule has 3 aromatic carbocycles. The van der Waals surface area contributed by atoms with E-state index in [1.54, 1.807) is 23.5 Å². The SMILES string of the molecule is O=C1CCC(N2Cc3cc(NC(=O)CC4CCN(c5cnc(-c6cccc7ccccc67)s5)CC4)ccc3C2=O)C(=O)N1. The van der Waals surface area contributed by atoms with Crippen LogP contribution >= 0.6 is 11.3 Å². The molecule has 7 rings (SSSR count). The second-order valence-electron chi connectivity index (χ2n) is 11.5. The Labute approximate surface area is 252 Å². The zero-order valence-electron chi connectivity index (χ0n) is 23.5. The molecule has 0 radical (unpaired) electrons. The number of benzene rings is 3. The van der Waals surface area contributed by atoms with E-state index in [9.17, 15) is 19.2 Å². The fourth-order valence-corrected chi connectivity index (χ4v) is 7.44. The van der Waals surface area contributed by atoms with E-state index in [-0.39, 0.29) is 30.7 Å². The quantitative estimate of drug-likeness (QED) is 0.306. The molecule has 218 valence electrons. The summed E-state index contributed by atoms with van der Waals surface area (Å²) in [6.45, 7) is 2.04. The van der Waals surface area contributed by atoms with Crippen molar-refractivity contribution in [2.24, 2.45) is 5.92 Å². The van der Waals surface area contributed by atoms with Gasteiger partial charge in [-0.25, -0.2) is 4.98 Å². The highest BCUT2D eigenvalue weighted by molar-refractivity contribution is 7.19. The molecule has 1 atom stereocenters. The van der Waals surface area contributed by atoms with Gasteiger partial charge in [-0.2, -0.15) is 0 Å². The van der Waals surface area contributed by atoms with Crippen LogP contribution in [0.25, 0.3) is 21.3 Å². The maximum Gasteiger partial charge on any atom is 0.255 e. The Bertz CT molecular complexity index is 1750. The predicted octanol–water partition coefficient (Wildman–Crippen LogP) is 4.97. The molecule has 0 bridgehead atoms. The summed E-state index contributed by atoms with van der Waals surface area (Å²) in [4.78, 5) is 58.3. The molecule has 0 saturated carbocycles. The summed E-state index contributed by atoms with van der Waals surface area (Å²) in [5.41, 5.74) is 3.10. The summed E-state index contributed by atoms with van der Waals surface area (Å²) in [5, 5.41) is 9.92. The van der Waals surface area contributed by atoms with Crippen LogP contribution in [0.2, 0.25) is 0 Å². The number of piperidine rings is 2. The number of thiazole rings is 1. The lowest BCUT2D eigenvalue weighted by atomic mass is 9.93. The van der Waals surface area contributed by atoms with Crippen LogP contribution < -0.4 is 15.5 Å². The minimum Gasteiger partial charge on any atom is -0.362 e. The maximum absolute atomic E-state index is 13.0. The minimum atomic E-state index is -0.656. The summed E-state index contributed by atoms with van der Waals surface area (Å²) in [6, 6.07) is 19.3. The van der Waals surface area contributed by atoms with Gasteiger partial charge in [-0.15, -0.1) is 0 Å². The van der Waals surface area contributed by atoms with Crippen LogP contribution in [0.3, 0.4) is 0 Å². The molecule has 1 unspecified atom stereocenters. The summed E-state index contributed by atoms with van der Waals surface area (Å²) in [7, 11) is 0. The number of hydrogen-bond acceptors (Lipinski definition) is 7. The smallest absolute Gasteiger partial charge is 0.255 e. The highest BCUT2D eigenvalue weighted by atomic mass is 32.1. The molecule has 4 amide bonds. The Kier molecular flexibility index (Phi) is 7.14. The zero-order valence-corrected chi connectivity index (χ0v) is 24.4. The van der Waals surface area contributed by atoms with Crippen molar-refractivity contribution < 1.29 is 19.2 Å². The van der Waals surface area contributed by atoms with Crippen molar-refractivity contribution in [2.45, 2.75) is 44.7 Å². The first-order valence-corrected chi connectivity index (χ1v) is 15.5. The van der Waals surface area contributed by atoms with Crippen LogP contribution in [0, 0.1) is 5.92 Å². The van der Waals surface area contributed by atoms with Crippen molar-refractivity contribution in [3.05, 3.63) is 78.0 Å². The van der Waals surface area contributed by atoms with Crippen molar-refractivity contribution in [3.63, 3.8) is 0 Å². The summed E-state index contributed by atoms with van der Waals surface area (Å²) in [5.74, 6) is -0.714. The van der Waals surface area contributed by atoms with E-state index in [0.29, 0.717) is 30.0 Å². The topological polar surface area (TPSA) is 112 Å². The maximum atomic E-state index is 13.0. The van der Waals surface area contributed by atoms with E-state index in [2.05, 4.69) is 58.0 Å². The monoisotopic (exact) mass is 593 g/mol. The van der Waals surface area contributed by atoms with Crippen LogP contribution in [0.1, 0.15) is 48.0 Å². The predicted molar refractivity (Wildman–Crippen MR) is 166 cm³/mol. The van der Waals surface area contributed by atoms with Gasteiger partial charge in [0.15, 0.2) is 0 Å². The molecule has 1 aromatic heterocycles. The largest absolute Gasteiger partial charge is 0.362 e. The van der Waals surface area contributed by atoms with Crippen LogP contribution in [-0.4, -0.2) is 52.6 Å². The number of imide groups is 1. The molecule has 4 aromatic rings. The highest BCUT2D eigenvalue weighted by Crippen LogP contribution is 2.37. The number of fused-ring (bicyclic) bond motifs is 2. The average molecular weight is 594 g/mol. The lowest BCUT2D eigenvalue weighted by Gasteiger charge is -2.32. The molecule has 2 saturated heterocycles. The van der Waals surface area contributed by atoms with Crippen LogP contribution in [0.15, 0.2) is 66.9 Å². The first-order chi connectivity index (χ1) is 20.9. The zero-order chi connectivity index (χ0) is 29.5. The number of aromatic nitrogens is 1. The molecule has 10 heteroatoms. The van der Waals surface area contributed by atoms with Gasteiger partial charge >= 0.3 is 0 Å². The van der Waals surface area contributed by atoms with Gasteiger partial charge in [0, 0.05) is 49.3 Å². The molecular weight excluding hydrogens is 562 g/mol.